The van der Waals surface area contributed by atoms with Gasteiger partial charge in [0.2, 0.25) is 6.29 Å². The lowest BCUT2D eigenvalue weighted by atomic mass is 10.2. The van der Waals surface area contributed by atoms with Crippen LogP contribution in [0.3, 0.4) is 0 Å². The largest absolute Gasteiger partial charge is 0.529 e. The van der Waals surface area contributed by atoms with Crippen LogP contribution in [0.4, 0.5) is 5.82 Å². The first-order valence-electron chi connectivity index (χ1n) is 16.2. The van der Waals surface area contributed by atoms with Gasteiger partial charge in [-0.3, -0.25) is 19.0 Å². The molecule has 1 saturated heterocycles. The Morgan fingerprint density at radius 1 is 1.08 bits per heavy atom. The standard InChI is InChI=1S/C27H27ClN5O9P.C6H15N/c1-16(34)7-12-22(35)39-20-13-21(40-27(20)42-43(37,38)41-19-10-8-18(28)9-11-19)33-15-31-23-24(29-14-30-25(23)33)32-26(36)17-5-3-2-4-6-17;1-4-7(5-2)6-3/h2-6,8-11,14-15,20-21,24,27H,7,12-13H2,1H3,(H,29,30)(H,32,36)(H,37,38);4-6H2,1-3H3. The smallest absolute Gasteiger partial charge is 0.457 e. The highest BCUT2D eigenvalue weighted by molar-refractivity contribution is 7.47. The Kier molecular flexibility index (Phi) is 14.1. The Morgan fingerprint density at radius 3 is 2.38 bits per heavy atom. The fraction of sp³-hybridized carbons (Fsp3) is 0.424. The molecular weight excluding hydrogens is 691 g/mol. The summed E-state index contributed by atoms with van der Waals surface area (Å²) in [5, 5.41) is 6.17. The molecule has 0 aliphatic carbocycles. The van der Waals surface area contributed by atoms with E-state index in [-0.39, 0.29) is 36.7 Å². The molecule has 0 spiro atoms. The summed E-state index contributed by atoms with van der Waals surface area (Å²) >= 11 is 5.86. The van der Waals surface area contributed by atoms with E-state index in [2.05, 4.69) is 46.3 Å². The fourth-order valence-corrected chi connectivity index (χ4v) is 6.04. The summed E-state index contributed by atoms with van der Waals surface area (Å²) < 4.78 is 36.3. The van der Waals surface area contributed by atoms with Gasteiger partial charge >= 0.3 is 13.8 Å². The number of aromatic nitrogens is 2. The van der Waals surface area contributed by atoms with Gasteiger partial charge in [0.1, 0.15) is 29.3 Å². The lowest BCUT2D eigenvalue weighted by Gasteiger charge is -2.22. The van der Waals surface area contributed by atoms with Gasteiger partial charge in [0, 0.05) is 23.4 Å². The SMILES string of the molecule is CC(=O)CCC(=O)OC1CC(n2cnc3c2NC=NC3NC(=O)c2ccccc2)OC1OP(=O)(O)Oc1ccc(Cl)cc1.CCN(CC)CC. The summed E-state index contributed by atoms with van der Waals surface area (Å²) in [5.41, 5.74) is 0.827. The van der Waals surface area contributed by atoms with E-state index in [1.54, 1.807) is 34.9 Å². The Labute approximate surface area is 295 Å². The number of ether oxygens (including phenoxy) is 2. The van der Waals surface area contributed by atoms with Crippen molar-refractivity contribution in [1.29, 1.82) is 0 Å². The highest BCUT2D eigenvalue weighted by Gasteiger charge is 2.45. The zero-order valence-electron chi connectivity index (χ0n) is 28.2. The number of carbonyl (C=O) groups excluding carboxylic acids is 3. The number of benzene rings is 2. The number of nitrogens with one attached hydrogen (secondary N) is 2. The van der Waals surface area contributed by atoms with Crippen LogP contribution in [0.2, 0.25) is 5.02 Å². The Morgan fingerprint density at radius 2 is 1.76 bits per heavy atom. The molecular formula is C33H42ClN6O9P. The average Bonchev–Trinajstić information content (AvgIpc) is 3.70. The van der Waals surface area contributed by atoms with E-state index >= 15 is 0 Å². The maximum Gasteiger partial charge on any atom is 0.529 e. The maximum absolute atomic E-state index is 12.9. The van der Waals surface area contributed by atoms with Crippen molar-refractivity contribution in [1.82, 2.24) is 19.8 Å². The van der Waals surface area contributed by atoms with E-state index in [0.29, 0.717) is 22.1 Å². The number of carbonyl (C=O) groups is 3. The minimum atomic E-state index is -4.79. The van der Waals surface area contributed by atoms with E-state index in [1.807, 2.05) is 0 Å². The zero-order chi connectivity index (χ0) is 36.3. The first kappa shape index (κ1) is 38.7. The molecule has 2 aromatic carbocycles. The van der Waals surface area contributed by atoms with Crippen molar-refractivity contribution in [2.75, 3.05) is 25.0 Å². The summed E-state index contributed by atoms with van der Waals surface area (Å²) in [6.45, 7) is 11.5. The molecule has 1 amide bonds. The third kappa shape index (κ3) is 10.9. The highest BCUT2D eigenvalue weighted by Crippen LogP contribution is 2.49. The molecule has 270 valence electrons. The molecule has 2 aliphatic rings. The summed E-state index contributed by atoms with van der Waals surface area (Å²) in [6, 6.07) is 14.3. The van der Waals surface area contributed by atoms with Crippen molar-refractivity contribution in [3.05, 3.63) is 77.2 Å². The van der Waals surface area contributed by atoms with Gasteiger partial charge in [-0.05, 0) is 63.0 Å². The molecule has 5 rings (SSSR count). The number of esters is 1. The van der Waals surface area contributed by atoms with E-state index in [0.717, 1.165) is 0 Å². The second-order valence-corrected chi connectivity index (χ2v) is 13.0. The van der Waals surface area contributed by atoms with E-state index in [1.165, 1.54) is 63.5 Å². The highest BCUT2D eigenvalue weighted by atomic mass is 35.5. The lowest BCUT2D eigenvalue weighted by Crippen LogP contribution is -2.30. The van der Waals surface area contributed by atoms with Crippen LogP contribution in [0.1, 0.15) is 75.4 Å². The Balaban J connectivity index is 0.000000727. The topological polar surface area (TPSA) is 183 Å². The predicted octanol–water partition coefficient (Wildman–Crippen LogP) is 5.49. The van der Waals surface area contributed by atoms with Gasteiger partial charge in [-0.25, -0.2) is 19.1 Å². The number of anilines is 1. The van der Waals surface area contributed by atoms with Crippen LogP contribution >= 0.6 is 19.4 Å². The number of hydrogen-bond donors (Lipinski definition) is 3. The number of rotatable bonds is 14. The van der Waals surface area contributed by atoms with Crippen molar-refractivity contribution < 1.29 is 42.4 Å². The van der Waals surface area contributed by atoms with Gasteiger partial charge in [-0.15, -0.1) is 0 Å². The first-order chi connectivity index (χ1) is 23.9. The van der Waals surface area contributed by atoms with Crippen LogP contribution in [0.15, 0.2) is 65.9 Å². The molecule has 5 atom stereocenters. The fourth-order valence-electron chi connectivity index (χ4n) is 5.03. The number of ketones is 1. The van der Waals surface area contributed by atoms with Crippen molar-refractivity contribution in [2.24, 2.45) is 4.99 Å². The minimum absolute atomic E-state index is 0.00976. The zero-order valence-corrected chi connectivity index (χ0v) is 29.9. The second kappa shape index (κ2) is 18.2. The van der Waals surface area contributed by atoms with E-state index in [4.69, 9.17) is 30.1 Å². The molecule has 0 saturated carbocycles. The van der Waals surface area contributed by atoms with Crippen molar-refractivity contribution in [3.63, 3.8) is 0 Å². The molecule has 2 aliphatic heterocycles. The summed E-state index contributed by atoms with van der Waals surface area (Å²) in [7, 11) is -4.79. The molecule has 3 heterocycles. The minimum Gasteiger partial charge on any atom is -0.457 e. The van der Waals surface area contributed by atoms with Gasteiger partial charge in [0.05, 0.1) is 19.1 Å². The normalized spacial score (nSPS) is 20.5. The van der Waals surface area contributed by atoms with Crippen LogP contribution in [0, 0.1) is 0 Å². The van der Waals surface area contributed by atoms with Crippen molar-refractivity contribution in [3.8, 4) is 5.75 Å². The third-order valence-electron chi connectivity index (χ3n) is 7.73. The van der Waals surface area contributed by atoms with Crippen LogP contribution in [0.5, 0.6) is 5.75 Å². The molecule has 0 radical (unpaired) electrons. The van der Waals surface area contributed by atoms with Gasteiger partial charge in [-0.1, -0.05) is 50.6 Å². The number of amides is 1. The number of aliphatic imine (C=N–C) groups is 1. The molecule has 17 heteroatoms. The molecule has 0 bridgehead atoms. The third-order valence-corrected chi connectivity index (χ3v) is 8.89. The van der Waals surface area contributed by atoms with E-state index < -0.39 is 38.6 Å². The number of phosphoric acid groups is 1. The first-order valence-corrected chi connectivity index (χ1v) is 18.0. The lowest BCUT2D eigenvalue weighted by molar-refractivity contribution is -0.170. The number of Topliss-reactive ketones (excluding diaryl/α,β-unsaturated/α-hetero) is 1. The van der Waals surface area contributed by atoms with E-state index in [9.17, 15) is 23.8 Å². The number of phosphoric ester groups is 1. The second-order valence-electron chi connectivity index (χ2n) is 11.2. The molecule has 1 aromatic heterocycles. The van der Waals surface area contributed by atoms with Crippen LogP contribution < -0.4 is 15.2 Å². The maximum atomic E-state index is 12.9. The molecule has 1 fully saturated rings. The van der Waals surface area contributed by atoms with Gasteiger partial charge < -0.3 is 34.3 Å². The molecule has 5 unspecified atom stereocenters. The number of halogens is 1. The number of nitrogens with zero attached hydrogens (tertiary/aromatic N) is 4. The molecule has 3 aromatic rings. The summed E-state index contributed by atoms with van der Waals surface area (Å²) in [6.07, 6.45) is -1.81. The van der Waals surface area contributed by atoms with Crippen molar-refractivity contribution >= 4 is 49.2 Å². The molecule has 50 heavy (non-hydrogen) atoms. The summed E-state index contributed by atoms with van der Waals surface area (Å²) in [4.78, 5) is 58.1. The average molecular weight is 733 g/mol. The predicted molar refractivity (Wildman–Crippen MR) is 186 cm³/mol. The van der Waals surface area contributed by atoms with Gasteiger partial charge in [-0.2, -0.15) is 0 Å². The quantitative estimate of drug-likeness (QED) is 0.140. The van der Waals surface area contributed by atoms with Gasteiger partial charge in [0.25, 0.3) is 5.91 Å². The van der Waals surface area contributed by atoms with Crippen LogP contribution in [-0.2, 0) is 28.2 Å². The van der Waals surface area contributed by atoms with Crippen molar-refractivity contribution in [2.45, 2.75) is 71.7 Å². The summed E-state index contributed by atoms with van der Waals surface area (Å²) in [5.74, 6) is -0.840. The Hall–Kier alpha value is -4.11. The van der Waals surface area contributed by atoms with Gasteiger partial charge in [0.15, 0.2) is 12.3 Å². The van der Waals surface area contributed by atoms with Crippen LogP contribution in [0.25, 0.3) is 0 Å². The number of imidazole rings is 1. The number of hydrogen-bond acceptors (Lipinski definition) is 12. The molecule has 3 N–H and O–H groups in total. The number of fused-ring (bicyclic) bond motifs is 1. The Bertz CT molecular complexity index is 1660. The molecule has 15 nitrogen and oxygen atoms in total. The monoisotopic (exact) mass is 732 g/mol. The van der Waals surface area contributed by atoms with Crippen LogP contribution in [-0.4, -0.2) is 75.4 Å².